The van der Waals surface area contributed by atoms with Gasteiger partial charge in [-0.25, -0.2) is 9.78 Å². The van der Waals surface area contributed by atoms with E-state index in [1.54, 1.807) is 10.6 Å². The van der Waals surface area contributed by atoms with Crippen molar-refractivity contribution < 1.29 is 9.90 Å². The van der Waals surface area contributed by atoms with Gasteiger partial charge in [0.05, 0.1) is 11.0 Å². The Morgan fingerprint density at radius 1 is 0.867 bits per heavy atom. The van der Waals surface area contributed by atoms with Crippen LogP contribution in [0.1, 0.15) is 87.2 Å². The SMILES string of the molecule is O=C(O)c1nc2ccccc2n(C2C[C@H]3CC[C@@H](C2)N3C2CCCCCCC2)c1=O. The second kappa shape index (κ2) is 8.14. The largest absolute Gasteiger partial charge is 0.476 e. The molecule has 6 heteroatoms. The second-order valence-electron chi connectivity index (χ2n) is 9.39. The standard InChI is InChI=1S/C24H31N3O3/c28-23-22(24(29)30)25-20-10-6-7-11-21(20)27(23)19-14-17-12-13-18(15-19)26(17)16-8-4-2-1-3-5-9-16/h6-7,10-11,16-19H,1-5,8-9,12-15H2,(H,29,30)/t17-,18+,19?. The Bertz CT molecular complexity index is 979. The molecule has 2 saturated heterocycles. The average molecular weight is 410 g/mol. The van der Waals surface area contributed by atoms with Crippen LogP contribution in [-0.4, -0.2) is 43.7 Å². The maximum atomic E-state index is 13.1. The highest BCUT2D eigenvalue weighted by atomic mass is 16.4. The van der Waals surface area contributed by atoms with Crippen molar-refractivity contribution in [2.45, 2.75) is 94.8 Å². The lowest BCUT2D eigenvalue weighted by atomic mass is 9.89. The van der Waals surface area contributed by atoms with Gasteiger partial charge in [0, 0.05) is 24.2 Å². The minimum Gasteiger partial charge on any atom is -0.476 e. The van der Waals surface area contributed by atoms with E-state index in [0.717, 1.165) is 18.4 Å². The third-order valence-corrected chi connectivity index (χ3v) is 7.62. The summed E-state index contributed by atoms with van der Waals surface area (Å²) in [4.78, 5) is 31.8. The van der Waals surface area contributed by atoms with E-state index in [1.165, 1.54) is 57.8 Å². The molecule has 3 atom stereocenters. The Balaban J connectivity index is 1.48. The van der Waals surface area contributed by atoms with E-state index in [9.17, 15) is 14.7 Å². The molecular formula is C24H31N3O3. The summed E-state index contributed by atoms with van der Waals surface area (Å²) in [6.07, 6.45) is 13.6. The van der Waals surface area contributed by atoms with E-state index in [1.807, 2.05) is 18.2 Å². The average Bonchev–Trinajstić information content (AvgIpc) is 2.96. The van der Waals surface area contributed by atoms with Crippen LogP contribution >= 0.6 is 0 Å². The monoisotopic (exact) mass is 409 g/mol. The maximum Gasteiger partial charge on any atom is 0.360 e. The topological polar surface area (TPSA) is 75.4 Å². The predicted molar refractivity (Wildman–Crippen MR) is 116 cm³/mol. The maximum absolute atomic E-state index is 13.1. The molecule has 1 N–H and O–H groups in total. The van der Waals surface area contributed by atoms with Gasteiger partial charge in [-0.3, -0.25) is 9.69 Å². The number of piperidine rings is 1. The first kappa shape index (κ1) is 19.7. The fourth-order valence-corrected chi connectivity index (χ4v) is 6.38. The quantitative estimate of drug-likeness (QED) is 0.814. The number of hydrogen-bond donors (Lipinski definition) is 1. The molecule has 2 aliphatic heterocycles. The molecule has 1 unspecified atom stereocenters. The van der Waals surface area contributed by atoms with Crippen LogP contribution in [0.4, 0.5) is 0 Å². The summed E-state index contributed by atoms with van der Waals surface area (Å²) in [6, 6.07) is 9.19. The van der Waals surface area contributed by atoms with Crippen LogP contribution in [0.2, 0.25) is 0 Å². The van der Waals surface area contributed by atoms with Crippen molar-refractivity contribution in [3.8, 4) is 0 Å². The van der Waals surface area contributed by atoms with Crippen molar-refractivity contribution in [3.63, 3.8) is 0 Å². The van der Waals surface area contributed by atoms with Crippen LogP contribution in [0.25, 0.3) is 11.0 Å². The molecule has 1 aromatic carbocycles. The van der Waals surface area contributed by atoms with Crippen molar-refractivity contribution >= 4 is 17.0 Å². The molecule has 0 amide bonds. The Hall–Kier alpha value is -2.21. The van der Waals surface area contributed by atoms with Gasteiger partial charge in [0.1, 0.15) is 0 Å². The first-order valence-corrected chi connectivity index (χ1v) is 11.7. The molecule has 0 radical (unpaired) electrons. The van der Waals surface area contributed by atoms with Crippen molar-refractivity contribution in [3.05, 3.63) is 40.3 Å². The number of benzene rings is 1. The number of carboxylic acids is 1. The highest BCUT2D eigenvalue weighted by Gasteiger charge is 2.44. The summed E-state index contributed by atoms with van der Waals surface area (Å²) in [5.74, 6) is -1.24. The van der Waals surface area contributed by atoms with Crippen LogP contribution in [0.5, 0.6) is 0 Å². The first-order valence-electron chi connectivity index (χ1n) is 11.7. The van der Waals surface area contributed by atoms with Gasteiger partial charge in [-0.1, -0.05) is 44.2 Å². The van der Waals surface area contributed by atoms with E-state index >= 15 is 0 Å². The highest BCUT2D eigenvalue weighted by molar-refractivity contribution is 5.88. The predicted octanol–water partition coefficient (Wildman–Crippen LogP) is 4.38. The number of rotatable bonds is 3. The van der Waals surface area contributed by atoms with Gasteiger partial charge in [-0.15, -0.1) is 0 Å². The minimum atomic E-state index is -1.24. The number of aromatic nitrogens is 2. The normalized spacial score (nSPS) is 28.3. The lowest BCUT2D eigenvalue weighted by molar-refractivity contribution is 0.0495. The molecule has 30 heavy (non-hydrogen) atoms. The summed E-state index contributed by atoms with van der Waals surface area (Å²) < 4.78 is 1.76. The van der Waals surface area contributed by atoms with E-state index in [4.69, 9.17) is 0 Å². The number of para-hydroxylation sites is 2. The zero-order valence-corrected chi connectivity index (χ0v) is 17.5. The van der Waals surface area contributed by atoms with Crippen LogP contribution < -0.4 is 5.56 Å². The molecule has 3 aliphatic rings. The summed E-state index contributed by atoms with van der Waals surface area (Å²) >= 11 is 0. The molecule has 0 spiro atoms. The molecule has 3 fully saturated rings. The Labute approximate surface area is 176 Å². The number of carboxylic acid groups (broad SMARTS) is 1. The Morgan fingerprint density at radius 2 is 1.50 bits per heavy atom. The number of hydrogen-bond acceptors (Lipinski definition) is 4. The van der Waals surface area contributed by atoms with E-state index < -0.39 is 11.5 Å². The van der Waals surface area contributed by atoms with Crippen molar-refractivity contribution in [2.75, 3.05) is 0 Å². The number of carbonyl (C=O) groups is 1. The zero-order valence-electron chi connectivity index (χ0n) is 17.5. The number of aromatic carboxylic acids is 1. The molecule has 2 aromatic rings. The minimum absolute atomic E-state index is 0.0470. The zero-order chi connectivity index (χ0) is 20.7. The van der Waals surface area contributed by atoms with Crippen molar-refractivity contribution in [1.29, 1.82) is 0 Å². The third-order valence-electron chi connectivity index (χ3n) is 7.62. The Morgan fingerprint density at radius 3 is 2.17 bits per heavy atom. The fraction of sp³-hybridized carbons (Fsp3) is 0.625. The van der Waals surface area contributed by atoms with Crippen LogP contribution in [0.15, 0.2) is 29.1 Å². The smallest absolute Gasteiger partial charge is 0.360 e. The van der Waals surface area contributed by atoms with Crippen molar-refractivity contribution in [1.82, 2.24) is 14.5 Å². The summed E-state index contributed by atoms with van der Waals surface area (Å²) in [6.45, 7) is 0. The molecular weight excluding hydrogens is 378 g/mol. The van der Waals surface area contributed by atoms with Gasteiger partial charge in [0.25, 0.3) is 5.56 Å². The lowest BCUT2D eigenvalue weighted by Crippen LogP contribution is -2.50. The van der Waals surface area contributed by atoms with Crippen LogP contribution in [0.3, 0.4) is 0 Å². The molecule has 5 rings (SSSR count). The van der Waals surface area contributed by atoms with Crippen LogP contribution in [0, 0.1) is 0 Å². The van der Waals surface area contributed by atoms with E-state index in [0.29, 0.717) is 23.6 Å². The summed E-state index contributed by atoms with van der Waals surface area (Å²) in [7, 11) is 0. The van der Waals surface area contributed by atoms with Gasteiger partial charge in [0.15, 0.2) is 0 Å². The molecule has 2 bridgehead atoms. The van der Waals surface area contributed by atoms with Gasteiger partial charge >= 0.3 is 5.97 Å². The molecule has 6 nitrogen and oxygen atoms in total. The fourth-order valence-electron chi connectivity index (χ4n) is 6.38. The summed E-state index contributed by atoms with van der Waals surface area (Å²) in [5.41, 5.74) is 0.536. The Kier molecular flexibility index (Phi) is 5.35. The van der Waals surface area contributed by atoms with E-state index in [-0.39, 0.29) is 11.7 Å². The van der Waals surface area contributed by atoms with Gasteiger partial charge in [-0.2, -0.15) is 0 Å². The molecule has 1 aromatic heterocycles. The third kappa shape index (κ3) is 3.45. The number of nitrogens with zero attached hydrogens (tertiary/aromatic N) is 3. The van der Waals surface area contributed by atoms with Gasteiger partial charge < -0.3 is 9.67 Å². The van der Waals surface area contributed by atoms with Crippen molar-refractivity contribution in [2.24, 2.45) is 0 Å². The molecule has 1 saturated carbocycles. The van der Waals surface area contributed by atoms with Crippen LogP contribution in [-0.2, 0) is 0 Å². The molecule has 3 heterocycles. The summed E-state index contributed by atoms with van der Waals surface area (Å²) in [5, 5.41) is 9.54. The lowest BCUT2D eigenvalue weighted by Gasteiger charge is -2.45. The first-order chi connectivity index (χ1) is 14.6. The molecule has 1 aliphatic carbocycles. The molecule has 160 valence electrons. The highest BCUT2D eigenvalue weighted by Crippen LogP contribution is 2.44. The second-order valence-corrected chi connectivity index (χ2v) is 9.39. The van der Waals surface area contributed by atoms with E-state index in [2.05, 4.69) is 9.88 Å². The van der Waals surface area contributed by atoms with Gasteiger partial charge in [-0.05, 0) is 50.7 Å². The number of fused-ring (bicyclic) bond motifs is 3. The van der Waals surface area contributed by atoms with Gasteiger partial charge in [0.2, 0.25) is 5.69 Å².